The molecule has 2 aromatic rings. The van der Waals surface area contributed by atoms with Crippen molar-refractivity contribution in [1.82, 2.24) is 15.5 Å². The van der Waals surface area contributed by atoms with E-state index < -0.39 is 0 Å². The van der Waals surface area contributed by atoms with Crippen molar-refractivity contribution in [2.75, 3.05) is 19.7 Å². The number of hydrogen-bond acceptors (Lipinski definition) is 3. The van der Waals surface area contributed by atoms with E-state index in [2.05, 4.69) is 66.9 Å². The first-order valence-corrected chi connectivity index (χ1v) is 12.2. The number of carbonyl (C=O) groups is 1. The summed E-state index contributed by atoms with van der Waals surface area (Å²) in [6.45, 7) is 8.61. The van der Waals surface area contributed by atoms with Crippen LogP contribution in [0.25, 0.3) is 0 Å². The summed E-state index contributed by atoms with van der Waals surface area (Å²) >= 11 is 0. The second-order valence-corrected chi connectivity index (χ2v) is 9.15. The average molecular weight is 449 g/mol. The lowest BCUT2D eigenvalue weighted by Gasteiger charge is -2.16. The molecule has 0 unspecified atom stereocenters. The molecule has 33 heavy (non-hydrogen) atoms. The molecule has 6 nitrogen and oxygen atoms in total. The van der Waals surface area contributed by atoms with Gasteiger partial charge < -0.3 is 20.3 Å². The second-order valence-electron chi connectivity index (χ2n) is 9.15. The van der Waals surface area contributed by atoms with Crippen molar-refractivity contribution in [2.45, 2.75) is 59.2 Å². The lowest BCUT2D eigenvalue weighted by molar-refractivity contribution is -0.128. The highest BCUT2D eigenvalue weighted by Gasteiger charge is 2.22. The normalized spacial score (nSPS) is 16.2. The maximum Gasteiger partial charge on any atom is 0.222 e. The number of ether oxygens (including phenoxy) is 1. The maximum atomic E-state index is 11.8. The van der Waals surface area contributed by atoms with Gasteiger partial charge in [0.1, 0.15) is 5.75 Å². The fourth-order valence-corrected chi connectivity index (χ4v) is 3.97. The van der Waals surface area contributed by atoms with Crippen LogP contribution < -0.4 is 15.4 Å². The fraction of sp³-hybridized carbons (Fsp3) is 0.481. The van der Waals surface area contributed by atoms with E-state index in [4.69, 9.17) is 9.73 Å². The second kappa shape index (κ2) is 11.2. The minimum absolute atomic E-state index is 0.264. The van der Waals surface area contributed by atoms with Crippen molar-refractivity contribution in [2.24, 2.45) is 10.9 Å². The molecular formula is C27H36N4O2. The van der Waals surface area contributed by atoms with Gasteiger partial charge in [0.15, 0.2) is 5.96 Å². The predicted molar refractivity (Wildman–Crippen MR) is 132 cm³/mol. The van der Waals surface area contributed by atoms with E-state index in [0.29, 0.717) is 26.1 Å². The lowest BCUT2D eigenvalue weighted by Crippen LogP contribution is -2.36. The van der Waals surface area contributed by atoms with Crippen LogP contribution in [-0.2, 0) is 24.4 Å². The summed E-state index contributed by atoms with van der Waals surface area (Å²) in [7, 11) is 0. The summed E-state index contributed by atoms with van der Waals surface area (Å²) in [6.07, 6.45) is 4.23. The van der Waals surface area contributed by atoms with E-state index >= 15 is 0 Å². The minimum atomic E-state index is 0.264. The van der Waals surface area contributed by atoms with Crippen molar-refractivity contribution in [3.05, 3.63) is 64.7 Å². The number of rotatable bonds is 10. The Kier molecular flexibility index (Phi) is 7.87. The third-order valence-corrected chi connectivity index (χ3v) is 6.17. The van der Waals surface area contributed by atoms with Gasteiger partial charge in [0.25, 0.3) is 0 Å². The van der Waals surface area contributed by atoms with Gasteiger partial charge in [-0.05, 0) is 61.8 Å². The smallest absolute Gasteiger partial charge is 0.222 e. The molecule has 4 rings (SSSR count). The number of benzene rings is 2. The Morgan fingerprint density at radius 2 is 1.91 bits per heavy atom. The Labute approximate surface area is 197 Å². The molecule has 0 aromatic heterocycles. The van der Waals surface area contributed by atoms with E-state index in [9.17, 15) is 4.79 Å². The molecule has 2 aromatic carbocycles. The largest absolute Gasteiger partial charge is 0.493 e. The SMILES string of the molecule is CCNC(=NCc1ccc(CN2CCCC2=O)cc1)NCc1ccc(C)cc1OCC1CC1. The van der Waals surface area contributed by atoms with E-state index in [1.54, 1.807) is 0 Å². The van der Waals surface area contributed by atoms with Crippen molar-refractivity contribution in [3.63, 3.8) is 0 Å². The molecule has 2 fully saturated rings. The van der Waals surface area contributed by atoms with E-state index in [-0.39, 0.29) is 5.91 Å². The first kappa shape index (κ1) is 23.1. The number of nitrogens with one attached hydrogen (secondary N) is 2. The molecule has 0 radical (unpaired) electrons. The number of amides is 1. The Hall–Kier alpha value is -3.02. The van der Waals surface area contributed by atoms with Crippen molar-refractivity contribution in [1.29, 1.82) is 0 Å². The summed E-state index contributed by atoms with van der Waals surface area (Å²) < 4.78 is 6.10. The molecule has 1 amide bonds. The standard InChI is InChI=1S/C27H36N4O2/c1-3-28-27(30-17-24-13-6-20(2)15-25(24)33-19-23-11-12-23)29-16-21-7-9-22(10-8-21)18-31-14-4-5-26(31)32/h6-10,13,15,23H,3-5,11-12,14,16-19H2,1-2H3,(H2,28,29,30). The summed E-state index contributed by atoms with van der Waals surface area (Å²) in [5.74, 6) is 2.75. The van der Waals surface area contributed by atoms with Crippen LogP contribution >= 0.6 is 0 Å². The molecule has 1 saturated carbocycles. The first-order chi connectivity index (χ1) is 16.1. The van der Waals surface area contributed by atoms with Gasteiger partial charge >= 0.3 is 0 Å². The molecule has 0 atom stereocenters. The van der Waals surface area contributed by atoms with Gasteiger partial charge in [-0.1, -0.05) is 36.4 Å². The number of likely N-dealkylation sites (tertiary alicyclic amines) is 1. The first-order valence-electron chi connectivity index (χ1n) is 12.2. The van der Waals surface area contributed by atoms with Crippen LogP contribution in [0.4, 0.5) is 0 Å². The summed E-state index contributed by atoms with van der Waals surface area (Å²) in [4.78, 5) is 18.5. The molecule has 0 spiro atoms. The van der Waals surface area contributed by atoms with Crippen molar-refractivity contribution < 1.29 is 9.53 Å². The van der Waals surface area contributed by atoms with Gasteiger partial charge in [-0.15, -0.1) is 0 Å². The zero-order chi connectivity index (χ0) is 23.0. The average Bonchev–Trinajstić information content (AvgIpc) is 3.57. The molecule has 0 bridgehead atoms. The third-order valence-electron chi connectivity index (χ3n) is 6.17. The number of aliphatic imine (C=N–C) groups is 1. The van der Waals surface area contributed by atoms with Gasteiger partial charge in [0, 0.05) is 38.2 Å². The molecule has 1 saturated heterocycles. The summed E-state index contributed by atoms with van der Waals surface area (Å²) in [5.41, 5.74) is 4.67. The fourth-order valence-electron chi connectivity index (χ4n) is 3.97. The molecule has 1 aliphatic heterocycles. The predicted octanol–water partition coefficient (Wildman–Crippen LogP) is 4.16. The molecule has 1 aliphatic carbocycles. The van der Waals surface area contributed by atoms with Crippen LogP contribution in [0.15, 0.2) is 47.5 Å². The van der Waals surface area contributed by atoms with Crippen LogP contribution in [-0.4, -0.2) is 36.5 Å². The Morgan fingerprint density at radius 3 is 2.61 bits per heavy atom. The molecule has 176 valence electrons. The Morgan fingerprint density at radius 1 is 1.12 bits per heavy atom. The van der Waals surface area contributed by atoms with E-state index in [1.807, 2.05) is 4.90 Å². The summed E-state index contributed by atoms with van der Waals surface area (Å²) in [6, 6.07) is 14.8. The van der Waals surface area contributed by atoms with Gasteiger partial charge in [0.05, 0.1) is 13.2 Å². The highest BCUT2D eigenvalue weighted by atomic mass is 16.5. The number of guanidine groups is 1. The summed E-state index contributed by atoms with van der Waals surface area (Å²) in [5, 5.41) is 6.78. The third kappa shape index (κ3) is 6.98. The quantitative estimate of drug-likeness (QED) is 0.423. The number of nitrogens with zero attached hydrogens (tertiary/aromatic N) is 2. The Balaban J connectivity index is 1.33. The lowest BCUT2D eigenvalue weighted by atomic mass is 10.1. The van der Waals surface area contributed by atoms with Crippen LogP contribution in [0.2, 0.25) is 0 Å². The number of carbonyl (C=O) groups excluding carboxylic acids is 1. The van der Waals surface area contributed by atoms with E-state index in [0.717, 1.165) is 54.9 Å². The minimum Gasteiger partial charge on any atom is -0.493 e. The maximum absolute atomic E-state index is 11.8. The van der Waals surface area contributed by atoms with Gasteiger partial charge in [0.2, 0.25) is 5.91 Å². The van der Waals surface area contributed by atoms with Crippen LogP contribution in [0.1, 0.15) is 54.9 Å². The molecule has 2 aliphatic rings. The van der Waals surface area contributed by atoms with Crippen LogP contribution in [0.5, 0.6) is 5.75 Å². The number of hydrogen-bond donors (Lipinski definition) is 2. The molecular weight excluding hydrogens is 412 g/mol. The van der Waals surface area contributed by atoms with Gasteiger partial charge in [-0.2, -0.15) is 0 Å². The highest BCUT2D eigenvalue weighted by molar-refractivity contribution is 5.80. The number of aryl methyl sites for hydroxylation is 1. The molecule has 2 N–H and O–H groups in total. The molecule has 1 heterocycles. The molecule has 6 heteroatoms. The monoisotopic (exact) mass is 448 g/mol. The zero-order valence-corrected chi connectivity index (χ0v) is 19.9. The van der Waals surface area contributed by atoms with Crippen LogP contribution in [0, 0.1) is 12.8 Å². The van der Waals surface area contributed by atoms with Gasteiger partial charge in [-0.3, -0.25) is 4.79 Å². The Bertz CT molecular complexity index is 967. The highest BCUT2D eigenvalue weighted by Crippen LogP contribution is 2.30. The van der Waals surface area contributed by atoms with Crippen molar-refractivity contribution >= 4 is 11.9 Å². The topological polar surface area (TPSA) is 66.0 Å². The zero-order valence-electron chi connectivity index (χ0n) is 19.9. The van der Waals surface area contributed by atoms with Crippen LogP contribution in [0.3, 0.4) is 0 Å². The van der Waals surface area contributed by atoms with Gasteiger partial charge in [-0.25, -0.2) is 4.99 Å². The van der Waals surface area contributed by atoms with Crippen molar-refractivity contribution in [3.8, 4) is 5.75 Å². The van der Waals surface area contributed by atoms with E-state index in [1.165, 1.54) is 24.0 Å².